The first-order chi connectivity index (χ1) is 16.5. The van der Waals surface area contributed by atoms with Gasteiger partial charge in [0.05, 0.1) is 23.8 Å². The quantitative estimate of drug-likeness (QED) is 0.246. The number of halogens is 1. The van der Waals surface area contributed by atoms with E-state index in [0.29, 0.717) is 36.3 Å². The summed E-state index contributed by atoms with van der Waals surface area (Å²) in [6.07, 6.45) is 2.48. The van der Waals surface area contributed by atoms with Crippen LogP contribution in [-0.4, -0.2) is 53.3 Å². The molecule has 2 aromatic carbocycles. The number of fused-ring (bicyclic) bond motifs is 1. The molecular weight excluding hydrogens is 477 g/mol. The molecule has 0 radical (unpaired) electrons. The average Bonchev–Trinajstić information content (AvgIpc) is 2.82. The molecule has 0 bridgehead atoms. The number of carbonyl (C=O) groups is 1. The van der Waals surface area contributed by atoms with E-state index in [2.05, 4.69) is 4.98 Å². The van der Waals surface area contributed by atoms with Gasteiger partial charge in [-0.1, -0.05) is 18.2 Å². The summed E-state index contributed by atoms with van der Waals surface area (Å²) >= 11 is 0. The third-order valence-corrected chi connectivity index (χ3v) is 8.17. The van der Waals surface area contributed by atoms with Crippen molar-refractivity contribution in [3.05, 3.63) is 64.5 Å². The summed E-state index contributed by atoms with van der Waals surface area (Å²) in [5.74, 6) is -1.48. The minimum Gasteiger partial charge on any atom is -0.381 e. The first-order valence-electron chi connectivity index (χ1n) is 11.0. The Bertz CT molecular complexity index is 1410. The van der Waals surface area contributed by atoms with Crippen LogP contribution in [0.4, 0.5) is 4.39 Å². The number of hydrogen-bond acceptors (Lipinski definition) is 7. The lowest BCUT2D eigenvalue weighted by Gasteiger charge is -2.25. The lowest BCUT2D eigenvalue weighted by molar-refractivity contribution is -0.131. The molecule has 11 heteroatoms. The normalized spacial score (nSPS) is 13.5. The van der Waals surface area contributed by atoms with Gasteiger partial charge in [-0.15, -0.1) is 0 Å². The monoisotopic (exact) mass is 505 g/mol. The molecule has 0 saturated carbocycles. The fourth-order valence-corrected chi connectivity index (χ4v) is 4.53. The molecule has 35 heavy (non-hydrogen) atoms. The van der Waals surface area contributed by atoms with E-state index in [-0.39, 0.29) is 18.4 Å². The molecule has 188 valence electrons. The number of nitrogens with zero attached hydrogens (tertiary/aromatic N) is 2. The Labute approximate surface area is 202 Å². The number of ether oxygens (including phenoxy) is 1. The van der Waals surface area contributed by atoms with Crippen molar-refractivity contribution in [3.8, 4) is 11.1 Å². The van der Waals surface area contributed by atoms with Crippen molar-refractivity contribution in [2.24, 2.45) is 0 Å². The van der Waals surface area contributed by atoms with Crippen LogP contribution >= 0.6 is 0 Å². The first kappa shape index (κ1) is 26.5. The maximum atomic E-state index is 14.8. The number of hydroxylamine groups is 1. The first-order valence-corrected chi connectivity index (χ1v) is 12.9. The summed E-state index contributed by atoms with van der Waals surface area (Å²) in [5.41, 5.74) is 3.04. The summed E-state index contributed by atoms with van der Waals surface area (Å²) in [7, 11) is -3.90. The minimum atomic E-state index is -3.90. The minimum absolute atomic E-state index is 0.127. The van der Waals surface area contributed by atoms with Crippen molar-refractivity contribution in [1.29, 1.82) is 0 Å². The molecule has 0 spiro atoms. The van der Waals surface area contributed by atoms with E-state index in [1.165, 1.54) is 35.4 Å². The van der Waals surface area contributed by atoms with Gasteiger partial charge in [-0.3, -0.25) is 19.4 Å². The third-order valence-electron chi connectivity index (χ3n) is 6.14. The second-order valence-corrected chi connectivity index (χ2v) is 10.9. The summed E-state index contributed by atoms with van der Waals surface area (Å²) in [6.45, 7) is 4.06. The molecule has 0 aliphatic rings. The van der Waals surface area contributed by atoms with Crippen LogP contribution in [-0.2, 0) is 32.3 Å². The van der Waals surface area contributed by atoms with Gasteiger partial charge in [0.1, 0.15) is 5.82 Å². The van der Waals surface area contributed by atoms with E-state index >= 15 is 0 Å². The smallest absolute Gasteiger partial charge is 0.264 e. The Morgan fingerprint density at radius 3 is 2.63 bits per heavy atom. The molecule has 9 nitrogen and oxygen atoms in total. The molecule has 0 unspecified atom stereocenters. The van der Waals surface area contributed by atoms with Gasteiger partial charge in [0, 0.05) is 25.0 Å². The van der Waals surface area contributed by atoms with Crippen LogP contribution in [0.25, 0.3) is 22.0 Å². The van der Waals surface area contributed by atoms with Crippen LogP contribution in [0.3, 0.4) is 0 Å². The maximum absolute atomic E-state index is 14.8. The molecule has 0 aliphatic heterocycles. The molecular formula is C24H28FN3O6S. The van der Waals surface area contributed by atoms with E-state index in [4.69, 9.17) is 9.94 Å². The van der Waals surface area contributed by atoms with Crippen molar-refractivity contribution >= 4 is 26.6 Å². The highest BCUT2D eigenvalue weighted by atomic mass is 32.2. The standard InChI is InChI=1S/C24H28FN3O6S/c1-4-34-12-9-16-5-7-18(20(25)13-16)17-6-8-19-21(14-17)26-15-28(22(19)29)11-10-24(2,23(30)27-31)35(3,32)33/h5-8,13-15,31H,4,9-12H2,1-3H3,(H,27,30)/t24-/m0/s1. The summed E-state index contributed by atoms with van der Waals surface area (Å²) in [5, 5.41) is 9.21. The van der Waals surface area contributed by atoms with E-state index < -0.39 is 31.9 Å². The number of sulfone groups is 1. The molecule has 3 rings (SSSR count). The molecule has 2 N–H and O–H groups in total. The third kappa shape index (κ3) is 5.58. The maximum Gasteiger partial charge on any atom is 0.264 e. The predicted molar refractivity (Wildman–Crippen MR) is 129 cm³/mol. The topological polar surface area (TPSA) is 128 Å². The fraction of sp³-hybridized carbons (Fsp3) is 0.375. The van der Waals surface area contributed by atoms with Crippen molar-refractivity contribution in [2.45, 2.75) is 38.0 Å². The second kappa shape index (κ2) is 10.6. The van der Waals surface area contributed by atoms with Gasteiger partial charge in [-0.05, 0) is 56.0 Å². The van der Waals surface area contributed by atoms with Gasteiger partial charge in [-0.25, -0.2) is 23.3 Å². The Kier molecular flexibility index (Phi) is 8.04. The van der Waals surface area contributed by atoms with Crippen LogP contribution in [0, 0.1) is 5.82 Å². The number of aromatic nitrogens is 2. The van der Waals surface area contributed by atoms with Gasteiger partial charge in [-0.2, -0.15) is 0 Å². The molecule has 3 aromatic rings. The Hall–Kier alpha value is -3.15. The fourth-order valence-electron chi connectivity index (χ4n) is 3.69. The van der Waals surface area contributed by atoms with Gasteiger partial charge < -0.3 is 4.74 Å². The number of amides is 1. The van der Waals surface area contributed by atoms with Crippen molar-refractivity contribution < 1.29 is 27.5 Å². The largest absolute Gasteiger partial charge is 0.381 e. The highest BCUT2D eigenvalue weighted by molar-refractivity contribution is 7.92. The predicted octanol–water partition coefficient (Wildman–Crippen LogP) is 2.48. The number of benzene rings is 2. The molecule has 0 aliphatic carbocycles. The zero-order chi connectivity index (χ0) is 25.8. The molecule has 1 atom stereocenters. The highest BCUT2D eigenvalue weighted by Crippen LogP contribution is 2.26. The summed E-state index contributed by atoms with van der Waals surface area (Å²) < 4.78 is 43.6. The number of carbonyl (C=O) groups excluding carboxylic acids is 1. The van der Waals surface area contributed by atoms with Crippen molar-refractivity contribution in [3.63, 3.8) is 0 Å². The SMILES string of the molecule is CCOCCc1ccc(-c2ccc3c(=O)n(CC[C@@](C)(C(=O)NO)S(C)(=O)=O)cnc3c2)c(F)c1. The van der Waals surface area contributed by atoms with Gasteiger partial charge in [0.25, 0.3) is 11.5 Å². The van der Waals surface area contributed by atoms with Gasteiger partial charge in [0.2, 0.25) is 0 Å². The lowest BCUT2D eigenvalue weighted by Crippen LogP contribution is -2.50. The van der Waals surface area contributed by atoms with Crippen LogP contribution < -0.4 is 11.0 Å². The van der Waals surface area contributed by atoms with Crippen LogP contribution in [0.2, 0.25) is 0 Å². The molecule has 1 heterocycles. The zero-order valence-electron chi connectivity index (χ0n) is 19.7. The van der Waals surface area contributed by atoms with Crippen LogP contribution in [0.1, 0.15) is 25.8 Å². The van der Waals surface area contributed by atoms with E-state index in [1.807, 2.05) is 13.0 Å². The van der Waals surface area contributed by atoms with Gasteiger partial charge >= 0.3 is 0 Å². The molecule has 0 saturated heterocycles. The van der Waals surface area contributed by atoms with Gasteiger partial charge in [0.15, 0.2) is 14.6 Å². The van der Waals surface area contributed by atoms with Crippen molar-refractivity contribution in [2.75, 3.05) is 19.5 Å². The highest BCUT2D eigenvalue weighted by Gasteiger charge is 2.43. The van der Waals surface area contributed by atoms with Crippen LogP contribution in [0.5, 0.6) is 0 Å². The number of nitrogens with one attached hydrogen (secondary N) is 1. The number of aryl methyl sites for hydroxylation is 1. The Morgan fingerprint density at radius 2 is 2.00 bits per heavy atom. The van der Waals surface area contributed by atoms with E-state index in [0.717, 1.165) is 11.8 Å². The Morgan fingerprint density at radius 1 is 1.26 bits per heavy atom. The number of hydrogen-bond donors (Lipinski definition) is 2. The zero-order valence-corrected chi connectivity index (χ0v) is 20.6. The van der Waals surface area contributed by atoms with E-state index in [9.17, 15) is 22.4 Å². The van der Waals surface area contributed by atoms with Crippen molar-refractivity contribution in [1.82, 2.24) is 15.0 Å². The molecule has 0 fully saturated rings. The second-order valence-electron chi connectivity index (χ2n) is 8.43. The van der Waals surface area contributed by atoms with Crippen LogP contribution in [0.15, 0.2) is 47.5 Å². The lowest BCUT2D eigenvalue weighted by atomic mass is 10.0. The molecule has 1 amide bonds. The van der Waals surface area contributed by atoms with E-state index in [1.54, 1.807) is 18.2 Å². The summed E-state index contributed by atoms with van der Waals surface area (Å²) in [6, 6.07) is 9.74. The molecule has 1 aromatic heterocycles. The summed E-state index contributed by atoms with van der Waals surface area (Å²) in [4.78, 5) is 29.2. The average molecular weight is 506 g/mol. The number of rotatable bonds is 10. The Balaban J connectivity index is 1.88.